The van der Waals surface area contributed by atoms with Gasteiger partial charge in [0.15, 0.2) is 0 Å². The number of hydrogen-bond acceptors (Lipinski definition) is 2. The summed E-state index contributed by atoms with van der Waals surface area (Å²) in [7, 11) is 0. The third kappa shape index (κ3) is 4.83. The van der Waals surface area contributed by atoms with Gasteiger partial charge in [-0.15, -0.1) is 24.8 Å². The fourth-order valence-corrected chi connectivity index (χ4v) is 1.55. The van der Waals surface area contributed by atoms with E-state index < -0.39 is 12.5 Å². The van der Waals surface area contributed by atoms with Crippen molar-refractivity contribution in [2.24, 2.45) is 0 Å². The number of hydrogen-bond donors (Lipinski definition) is 1. The Kier molecular flexibility index (Phi) is 5.08. The molecule has 0 aliphatic heterocycles. The van der Waals surface area contributed by atoms with Gasteiger partial charge >= 0.3 is 6.36 Å². The Morgan fingerprint density at radius 1 is 1.29 bits per heavy atom. The number of benzene rings is 1. The van der Waals surface area contributed by atoms with Gasteiger partial charge in [0.05, 0.1) is 6.10 Å². The fraction of sp³-hybridized carbons (Fsp3) is 0.455. The Bertz CT molecular complexity index is 355. The second kappa shape index (κ2) is 6.12. The van der Waals surface area contributed by atoms with E-state index in [4.69, 9.17) is 11.6 Å². The van der Waals surface area contributed by atoms with Gasteiger partial charge in [0.1, 0.15) is 5.75 Å². The molecular formula is C11H12ClF3O2. The van der Waals surface area contributed by atoms with Crippen molar-refractivity contribution in [3.63, 3.8) is 0 Å². The third-order valence-electron chi connectivity index (χ3n) is 2.11. The number of rotatable bonds is 5. The van der Waals surface area contributed by atoms with E-state index in [-0.39, 0.29) is 11.3 Å². The zero-order valence-electron chi connectivity index (χ0n) is 8.88. The van der Waals surface area contributed by atoms with Gasteiger partial charge in [-0.05, 0) is 18.9 Å². The van der Waals surface area contributed by atoms with Crippen LogP contribution in [0.4, 0.5) is 13.2 Å². The second-order valence-electron chi connectivity index (χ2n) is 3.43. The molecule has 1 unspecified atom stereocenters. The smallest absolute Gasteiger partial charge is 0.405 e. The van der Waals surface area contributed by atoms with E-state index in [9.17, 15) is 18.3 Å². The van der Waals surface area contributed by atoms with Gasteiger partial charge in [-0.1, -0.05) is 18.2 Å². The molecule has 1 atom stereocenters. The average molecular weight is 269 g/mol. The van der Waals surface area contributed by atoms with Crippen LogP contribution in [0.25, 0.3) is 0 Å². The molecule has 1 aromatic rings. The number of para-hydroxylation sites is 1. The summed E-state index contributed by atoms with van der Waals surface area (Å²) < 4.78 is 40.2. The van der Waals surface area contributed by atoms with Crippen LogP contribution in [0.2, 0.25) is 0 Å². The molecule has 0 aliphatic carbocycles. The van der Waals surface area contributed by atoms with Crippen molar-refractivity contribution >= 4 is 11.6 Å². The number of halogens is 4. The molecule has 0 aromatic heterocycles. The minimum Gasteiger partial charge on any atom is -0.405 e. The first-order valence-electron chi connectivity index (χ1n) is 5.02. The minimum atomic E-state index is -4.76. The lowest BCUT2D eigenvalue weighted by Crippen LogP contribution is -2.18. The third-order valence-corrected chi connectivity index (χ3v) is 2.38. The van der Waals surface area contributed by atoms with Crippen molar-refractivity contribution in [2.45, 2.75) is 25.3 Å². The van der Waals surface area contributed by atoms with Crippen molar-refractivity contribution in [3.05, 3.63) is 29.8 Å². The Hall–Kier alpha value is -0.940. The van der Waals surface area contributed by atoms with Crippen LogP contribution in [-0.2, 0) is 0 Å². The SMILES string of the molecule is OC(CCCCl)c1ccccc1OC(F)(F)F. The van der Waals surface area contributed by atoms with Gasteiger partial charge in [0.25, 0.3) is 0 Å². The Morgan fingerprint density at radius 2 is 1.94 bits per heavy atom. The van der Waals surface area contributed by atoms with Crippen LogP contribution in [0.1, 0.15) is 24.5 Å². The summed E-state index contributed by atoms with van der Waals surface area (Å²) in [6.07, 6.45) is -4.96. The van der Waals surface area contributed by atoms with E-state index in [1.807, 2.05) is 0 Å². The topological polar surface area (TPSA) is 29.5 Å². The lowest BCUT2D eigenvalue weighted by Gasteiger charge is -2.16. The molecule has 17 heavy (non-hydrogen) atoms. The summed E-state index contributed by atoms with van der Waals surface area (Å²) >= 11 is 5.46. The Morgan fingerprint density at radius 3 is 2.53 bits per heavy atom. The predicted octanol–water partition coefficient (Wildman–Crippen LogP) is 3.64. The molecule has 96 valence electrons. The molecule has 0 aliphatic rings. The molecule has 0 spiro atoms. The van der Waals surface area contributed by atoms with Gasteiger partial charge in [-0.25, -0.2) is 0 Å². The van der Waals surface area contributed by atoms with E-state index in [1.165, 1.54) is 18.2 Å². The number of ether oxygens (including phenoxy) is 1. The highest BCUT2D eigenvalue weighted by molar-refractivity contribution is 6.17. The first-order chi connectivity index (χ1) is 7.94. The van der Waals surface area contributed by atoms with Crippen LogP contribution in [-0.4, -0.2) is 17.3 Å². The molecule has 1 rings (SSSR count). The summed E-state index contributed by atoms with van der Waals surface area (Å²) in [6, 6.07) is 5.54. The van der Waals surface area contributed by atoms with E-state index in [2.05, 4.69) is 4.74 Å². The predicted molar refractivity (Wildman–Crippen MR) is 58.0 cm³/mol. The number of aliphatic hydroxyl groups is 1. The van der Waals surface area contributed by atoms with Crippen molar-refractivity contribution in [1.82, 2.24) is 0 Å². The lowest BCUT2D eigenvalue weighted by atomic mass is 10.0. The van der Waals surface area contributed by atoms with Gasteiger partial charge in [0, 0.05) is 11.4 Å². The standard InChI is InChI=1S/C11H12ClF3O2/c12-7-3-5-9(16)8-4-1-2-6-10(8)17-11(13,14)15/h1-2,4,6,9,16H,3,5,7H2. The molecule has 1 aromatic carbocycles. The fourth-order valence-electron chi connectivity index (χ4n) is 1.40. The Balaban J connectivity index is 2.83. The highest BCUT2D eigenvalue weighted by Crippen LogP contribution is 2.31. The minimum absolute atomic E-state index is 0.120. The molecular weight excluding hydrogens is 257 g/mol. The quantitative estimate of drug-likeness (QED) is 0.826. The largest absolute Gasteiger partial charge is 0.573 e. The van der Waals surface area contributed by atoms with Crippen molar-refractivity contribution in [3.8, 4) is 5.75 Å². The molecule has 0 radical (unpaired) electrons. The molecule has 6 heteroatoms. The zero-order chi connectivity index (χ0) is 12.9. The number of aliphatic hydroxyl groups excluding tert-OH is 1. The maximum atomic E-state index is 12.1. The Labute approximate surface area is 102 Å². The van der Waals surface area contributed by atoms with Crippen LogP contribution in [0.3, 0.4) is 0 Å². The first kappa shape index (κ1) is 14.1. The average Bonchev–Trinajstić information content (AvgIpc) is 2.24. The maximum Gasteiger partial charge on any atom is 0.573 e. The normalized spacial score (nSPS) is 13.5. The highest BCUT2D eigenvalue weighted by atomic mass is 35.5. The molecule has 0 fully saturated rings. The highest BCUT2D eigenvalue weighted by Gasteiger charge is 2.32. The zero-order valence-corrected chi connectivity index (χ0v) is 9.63. The van der Waals surface area contributed by atoms with E-state index in [0.717, 1.165) is 0 Å². The van der Waals surface area contributed by atoms with Gasteiger partial charge < -0.3 is 9.84 Å². The van der Waals surface area contributed by atoms with Crippen LogP contribution >= 0.6 is 11.6 Å². The van der Waals surface area contributed by atoms with E-state index >= 15 is 0 Å². The van der Waals surface area contributed by atoms with Gasteiger partial charge in [-0.3, -0.25) is 0 Å². The molecule has 0 bridgehead atoms. The number of alkyl halides is 4. The summed E-state index contributed by atoms with van der Waals surface area (Å²) in [5.74, 6) is -0.0265. The van der Waals surface area contributed by atoms with Crippen LogP contribution < -0.4 is 4.74 Å². The van der Waals surface area contributed by atoms with Crippen LogP contribution in [0.5, 0.6) is 5.75 Å². The molecule has 0 saturated carbocycles. The first-order valence-corrected chi connectivity index (χ1v) is 5.56. The second-order valence-corrected chi connectivity index (χ2v) is 3.81. The summed E-state index contributed by atoms with van der Waals surface area (Å²) in [5.41, 5.74) is 0.120. The summed E-state index contributed by atoms with van der Waals surface area (Å²) in [5, 5.41) is 9.72. The van der Waals surface area contributed by atoms with Crippen molar-refractivity contribution < 1.29 is 23.0 Å². The van der Waals surface area contributed by atoms with Crippen molar-refractivity contribution in [1.29, 1.82) is 0 Å². The lowest BCUT2D eigenvalue weighted by molar-refractivity contribution is -0.275. The molecule has 2 nitrogen and oxygen atoms in total. The molecule has 0 heterocycles. The molecule has 0 saturated heterocycles. The van der Waals surface area contributed by atoms with E-state index in [1.54, 1.807) is 6.07 Å². The summed E-state index contributed by atoms with van der Waals surface area (Å²) in [6.45, 7) is 0. The maximum absolute atomic E-state index is 12.1. The van der Waals surface area contributed by atoms with Gasteiger partial charge in [-0.2, -0.15) is 0 Å². The van der Waals surface area contributed by atoms with Crippen LogP contribution in [0.15, 0.2) is 24.3 Å². The molecule has 0 amide bonds. The van der Waals surface area contributed by atoms with Crippen LogP contribution in [0, 0.1) is 0 Å². The van der Waals surface area contributed by atoms with Gasteiger partial charge in [0.2, 0.25) is 0 Å². The van der Waals surface area contributed by atoms with E-state index in [0.29, 0.717) is 18.7 Å². The monoisotopic (exact) mass is 268 g/mol. The van der Waals surface area contributed by atoms with Crippen molar-refractivity contribution in [2.75, 3.05) is 5.88 Å². The molecule has 1 N–H and O–H groups in total. The summed E-state index contributed by atoms with van der Waals surface area (Å²) in [4.78, 5) is 0.